The summed E-state index contributed by atoms with van der Waals surface area (Å²) in [6, 6.07) is 12.5. The van der Waals surface area contributed by atoms with Crippen molar-refractivity contribution in [1.82, 2.24) is 30.5 Å². The van der Waals surface area contributed by atoms with E-state index >= 15 is 0 Å². The van der Waals surface area contributed by atoms with Crippen LogP contribution in [-0.4, -0.2) is 70.0 Å². The van der Waals surface area contributed by atoms with Crippen molar-refractivity contribution in [1.29, 1.82) is 0 Å². The summed E-state index contributed by atoms with van der Waals surface area (Å²) in [7, 11) is 1.96. The number of aliphatic hydroxyl groups is 1. The van der Waals surface area contributed by atoms with Crippen molar-refractivity contribution >= 4 is 46.6 Å². The predicted octanol–water partition coefficient (Wildman–Crippen LogP) is 14.2. The highest BCUT2D eigenvalue weighted by Gasteiger charge is 2.47. The molecule has 2 aromatic heterocycles. The Labute approximate surface area is 443 Å². The predicted molar refractivity (Wildman–Crippen MR) is 295 cm³/mol. The van der Waals surface area contributed by atoms with Gasteiger partial charge in [0.2, 0.25) is 5.91 Å². The molecule has 0 aliphatic heterocycles. The van der Waals surface area contributed by atoms with Crippen LogP contribution in [0.2, 0.25) is 15.1 Å². The summed E-state index contributed by atoms with van der Waals surface area (Å²) in [6.07, 6.45) is 34.7. The average Bonchev–Trinajstić information content (AvgIpc) is 3.98. The summed E-state index contributed by atoms with van der Waals surface area (Å²) in [4.78, 5) is 27.8. The molecule has 5 rings (SSSR count). The van der Waals surface area contributed by atoms with Gasteiger partial charge < -0.3 is 29.9 Å². The number of rotatable bonds is 30. The largest absolute Gasteiger partial charge is 0.489 e. The maximum atomic E-state index is 13.3. The van der Waals surface area contributed by atoms with Crippen molar-refractivity contribution in [2.24, 2.45) is 0 Å². The number of aromatic nitrogens is 3. The van der Waals surface area contributed by atoms with Gasteiger partial charge in [-0.25, -0.2) is 0 Å². The van der Waals surface area contributed by atoms with Crippen LogP contribution in [0.5, 0.6) is 5.75 Å². The molecule has 1 fully saturated rings. The van der Waals surface area contributed by atoms with Gasteiger partial charge in [0, 0.05) is 67.3 Å². The molecule has 2 amide bonds. The minimum Gasteiger partial charge on any atom is -0.489 e. The fourth-order valence-corrected chi connectivity index (χ4v) is 9.31. The van der Waals surface area contributed by atoms with Gasteiger partial charge in [-0.1, -0.05) is 146 Å². The normalized spacial score (nSPS) is 16.8. The van der Waals surface area contributed by atoms with E-state index in [0.29, 0.717) is 101 Å². The Morgan fingerprint density at radius 3 is 1.99 bits per heavy atom. The number of ether oxygens (including phenoxy) is 1. The number of allylic oxidation sites excluding steroid dienone is 12. The van der Waals surface area contributed by atoms with E-state index in [-0.39, 0.29) is 36.3 Å². The first-order chi connectivity index (χ1) is 34.8. The molecule has 2 heterocycles. The second-order valence-electron chi connectivity index (χ2n) is 18.7. The van der Waals surface area contributed by atoms with Crippen molar-refractivity contribution < 1.29 is 24.0 Å². The van der Waals surface area contributed by atoms with Crippen LogP contribution >= 0.6 is 34.8 Å². The lowest BCUT2D eigenvalue weighted by Crippen LogP contribution is -2.41. The fourth-order valence-electron chi connectivity index (χ4n) is 8.39. The van der Waals surface area contributed by atoms with Crippen LogP contribution in [-0.2, 0) is 17.0 Å². The zero-order chi connectivity index (χ0) is 51.9. The molecule has 0 bridgehead atoms. The molecule has 2 aromatic carbocycles. The first-order valence-electron chi connectivity index (χ1n) is 25.6. The quantitative estimate of drug-likeness (QED) is 0.0440. The number of amides is 2. The van der Waals surface area contributed by atoms with Crippen LogP contribution in [0.4, 0.5) is 0 Å². The Hall–Kier alpha value is -5.17. The highest BCUT2D eigenvalue weighted by Crippen LogP contribution is 2.53. The van der Waals surface area contributed by atoms with Crippen molar-refractivity contribution in [2.75, 3.05) is 33.2 Å². The van der Waals surface area contributed by atoms with E-state index in [1.165, 1.54) is 0 Å². The standard InChI is InChI=1S/C58H75Cl3N6O5/c1-7-9-10-11-12-13-14-15-16-17-18-19-20-21-22-23-24-25-26-30-53(68)62-33-35-66(6)36-34-63-57(69)51-38-52(67(64-51)42(3)4)44-39-58(70,40-44)47-32-31-45(37-50(47)61)71-41-46-55(65-72-56(46)43(5)8-2)54-48(59)28-27-29-49(54)60/h9-10,12-13,15-16,18-19,21-22,24-25,27-29,31-32,37-38,42-44,70H,7-8,11,14,17,20,23,26,30,33-36,39-41H2,1-6H3,(H,62,68)(H,63,69). The Morgan fingerprint density at radius 2 is 1.42 bits per heavy atom. The van der Waals surface area contributed by atoms with Gasteiger partial charge >= 0.3 is 0 Å². The van der Waals surface area contributed by atoms with Gasteiger partial charge in [0.1, 0.15) is 29.5 Å². The Kier molecular flexibility index (Phi) is 24.2. The van der Waals surface area contributed by atoms with Gasteiger partial charge in [0.15, 0.2) is 0 Å². The molecule has 1 unspecified atom stereocenters. The number of likely N-dealkylation sites (N-methyl/N-ethyl adjacent to an activating group) is 1. The molecule has 3 N–H and O–H groups in total. The van der Waals surface area contributed by atoms with Gasteiger partial charge in [0.05, 0.1) is 26.2 Å². The number of carbonyl (C=O) groups is 2. The smallest absolute Gasteiger partial charge is 0.271 e. The van der Waals surface area contributed by atoms with Gasteiger partial charge in [0.25, 0.3) is 5.91 Å². The third kappa shape index (κ3) is 17.5. The van der Waals surface area contributed by atoms with Gasteiger partial charge in [-0.15, -0.1) is 0 Å². The minimum atomic E-state index is -1.17. The number of halogens is 3. The monoisotopic (exact) mass is 1040 g/mol. The van der Waals surface area contributed by atoms with E-state index in [2.05, 4.69) is 119 Å². The molecule has 0 radical (unpaired) electrons. The molecule has 0 spiro atoms. The highest BCUT2D eigenvalue weighted by molar-refractivity contribution is 6.39. The molecular formula is C58H75Cl3N6O5. The minimum absolute atomic E-state index is 0.00272. The zero-order valence-corrected chi connectivity index (χ0v) is 45.3. The topological polar surface area (TPSA) is 135 Å². The number of hydrogen-bond donors (Lipinski definition) is 3. The van der Waals surface area contributed by atoms with E-state index in [1.54, 1.807) is 30.3 Å². The molecule has 0 saturated heterocycles. The summed E-state index contributed by atoms with van der Waals surface area (Å²) in [5.74, 6) is 1.03. The van der Waals surface area contributed by atoms with Crippen molar-refractivity contribution in [3.05, 3.63) is 159 Å². The summed E-state index contributed by atoms with van der Waals surface area (Å²) in [5.41, 5.74) is 2.54. The molecule has 1 saturated carbocycles. The lowest BCUT2D eigenvalue weighted by Gasteiger charge is -2.44. The molecule has 72 heavy (non-hydrogen) atoms. The number of hydrogen-bond acceptors (Lipinski definition) is 8. The lowest BCUT2D eigenvalue weighted by atomic mass is 9.66. The Balaban J connectivity index is 0.993. The first-order valence-corrected chi connectivity index (χ1v) is 26.7. The Bertz CT molecular complexity index is 2510. The second kappa shape index (κ2) is 30.1. The van der Waals surface area contributed by atoms with E-state index in [0.717, 1.165) is 56.2 Å². The second-order valence-corrected chi connectivity index (χ2v) is 19.9. The van der Waals surface area contributed by atoms with Crippen molar-refractivity contribution in [2.45, 2.75) is 135 Å². The lowest BCUT2D eigenvalue weighted by molar-refractivity contribution is -0.121. The zero-order valence-electron chi connectivity index (χ0n) is 43.0. The molecule has 1 atom stereocenters. The summed E-state index contributed by atoms with van der Waals surface area (Å²) < 4.78 is 14.0. The SMILES string of the molecule is CCC=CCC=CCC=CCC=CCC=CCC=CCCC(=O)NCCN(C)CCNC(=O)c1cc(C2CC(O)(c3ccc(OCc4c(-c5c(Cl)cccc5Cl)noc4C(C)CC)cc3Cl)C2)n(C(C)C)n1. The maximum Gasteiger partial charge on any atom is 0.271 e. The van der Waals surface area contributed by atoms with Gasteiger partial charge in [-0.2, -0.15) is 5.10 Å². The van der Waals surface area contributed by atoms with E-state index in [4.69, 9.17) is 44.1 Å². The summed E-state index contributed by atoms with van der Waals surface area (Å²) >= 11 is 20.0. The van der Waals surface area contributed by atoms with Crippen LogP contribution in [0.1, 0.15) is 156 Å². The molecule has 14 heteroatoms. The molecule has 388 valence electrons. The summed E-state index contributed by atoms with van der Waals surface area (Å²) in [5, 5.41) is 28.2. The van der Waals surface area contributed by atoms with Crippen LogP contribution < -0.4 is 15.4 Å². The van der Waals surface area contributed by atoms with E-state index < -0.39 is 5.60 Å². The van der Waals surface area contributed by atoms with Crippen LogP contribution in [0.25, 0.3) is 11.3 Å². The third-order valence-electron chi connectivity index (χ3n) is 12.7. The Morgan fingerprint density at radius 1 is 0.833 bits per heavy atom. The summed E-state index contributed by atoms with van der Waals surface area (Å²) in [6.45, 7) is 12.7. The van der Waals surface area contributed by atoms with Gasteiger partial charge in [-0.05, 0) is 115 Å². The molecule has 1 aliphatic rings. The molecular weight excluding hydrogens is 967 g/mol. The fraction of sp³-hybridized carbons (Fsp3) is 0.448. The van der Waals surface area contributed by atoms with Crippen LogP contribution in [0.3, 0.4) is 0 Å². The molecule has 4 aromatic rings. The van der Waals surface area contributed by atoms with Crippen LogP contribution in [0, 0.1) is 0 Å². The van der Waals surface area contributed by atoms with Crippen LogP contribution in [0.15, 0.2) is 120 Å². The third-order valence-corrected chi connectivity index (χ3v) is 13.6. The maximum absolute atomic E-state index is 13.3. The van der Waals surface area contributed by atoms with Gasteiger partial charge in [-0.3, -0.25) is 14.3 Å². The average molecular weight is 1040 g/mol. The number of carbonyl (C=O) groups excluding carboxylic acids is 2. The number of nitrogens with zero attached hydrogens (tertiary/aromatic N) is 4. The van der Waals surface area contributed by atoms with E-state index in [9.17, 15) is 14.7 Å². The highest BCUT2D eigenvalue weighted by atomic mass is 35.5. The first kappa shape index (κ1) is 57.7. The van der Waals surface area contributed by atoms with Crippen molar-refractivity contribution in [3.8, 4) is 17.0 Å². The molecule has 11 nitrogen and oxygen atoms in total. The number of nitrogens with one attached hydrogen (secondary N) is 2. The number of benzene rings is 2. The van der Waals surface area contributed by atoms with Crippen molar-refractivity contribution in [3.63, 3.8) is 0 Å². The molecule has 1 aliphatic carbocycles. The van der Waals surface area contributed by atoms with E-state index in [1.807, 2.05) is 37.7 Å².